The molecule has 5 nitrogen and oxygen atoms in total. The van der Waals surface area contributed by atoms with E-state index in [1.165, 1.54) is 6.20 Å². The van der Waals surface area contributed by atoms with Crippen molar-refractivity contribution in [2.75, 3.05) is 17.7 Å². The van der Waals surface area contributed by atoms with Crippen molar-refractivity contribution in [1.29, 1.82) is 0 Å². The normalized spacial score (nSPS) is 14.7. The fourth-order valence-corrected chi connectivity index (χ4v) is 1.13. The van der Waals surface area contributed by atoms with Crippen molar-refractivity contribution < 1.29 is 5.11 Å². The summed E-state index contributed by atoms with van der Waals surface area (Å²) >= 11 is 5.65. The Morgan fingerprint density at radius 2 is 2.27 bits per heavy atom. The van der Waals surface area contributed by atoms with Gasteiger partial charge in [-0.2, -0.15) is 4.98 Å². The lowest BCUT2D eigenvalue weighted by Crippen LogP contribution is -2.27. The molecule has 15 heavy (non-hydrogen) atoms. The van der Waals surface area contributed by atoms with Crippen LogP contribution in [0.3, 0.4) is 0 Å². The molecular weight excluding hydrogens is 216 g/mol. The van der Waals surface area contributed by atoms with Gasteiger partial charge in [-0.25, -0.2) is 4.98 Å². The zero-order chi connectivity index (χ0) is 11.4. The number of aliphatic hydroxyl groups is 1. The van der Waals surface area contributed by atoms with E-state index in [2.05, 4.69) is 15.3 Å². The number of nitrogens with zero attached hydrogens (tertiary/aromatic N) is 2. The van der Waals surface area contributed by atoms with Gasteiger partial charge in [0.1, 0.15) is 0 Å². The molecule has 0 aliphatic heterocycles. The van der Waals surface area contributed by atoms with Gasteiger partial charge in [0, 0.05) is 12.6 Å². The van der Waals surface area contributed by atoms with Crippen LogP contribution in [0, 0.1) is 5.92 Å². The van der Waals surface area contributed by atoms with Gasteiger partial charge in [0.15, 0.2) is 5.82 Å². The highest BCUT2D eigenvalue weighted by Gasteiger charge is 2.13. The summed E-state index contributed by atoms with van der Waals surface area (Å²) in [7, 11) is 0. The molecule has 0 fully saturated rings. The van der Waals surface area contributed by atoms with E-state index in [0.29, 0.717) is 11.5 Å². The number of halogens is 1. The Kier molecular flexibility index (Phi) is 4.11. The highest BCUT2D eigenvalue weighted by atomic mass is 35.5. The number of rotatable bonds is 4. The minimum Gasteiger partial charge on any atom is -0.396 e. The Labute approximate surface area is 93.7 Å². The number of nitrogens with two attached hydrogens (primary N) is 1. The van der Waals surface area contributed by atoms with E-state index in [1.54, 1.807) is 0 Å². The zero-order valence-electron chi connectivity index (χ0n) is 8.74. The topological polar surface area (TPSA) is 84.1 Å². The molecule has 6 heteroatoms. The number of hydrogen-bond acceptors (Lipinski definition) is 5. The summed E-state index contributed by atoms with van der Waals surface area (Å²) < 4.78 is 0. The fourth-order valence-electron chi connectivity index (χ4n) is 1.00. The monoisotopic (exact) mass is 230 g/mol. The van der Waals surface area contributed by atoms with Crippen LogP contribution in [-0.2, 0) is 0 Å². The molecule has 0 aromatic carbocycles. The molecule has 0 spiro atoms. The third-order valence-electron chi connectivity index (χ3n) is 2.29. The highest BCUT2D eigenvalue weighted by molar-refractivity contribution is 6.28. The third kappa shape index (κ3) is 3.21. The Morgan fingerprint density at radius 3 is 2.87 bits per heavy atom. The predicted octanol–water partition coefficient (Wildman–Crippen LogP) is 1.14. The summed E-state index contributed by atoms with van der Waals surface area (Å²) in [6.07, 6.45) is 1.45. The first kappa shape index (κ1) is 12.0. The zero-order valence-corrected chi connectivity index (χ0v) is 9.49. The first-order valence-electron chi connectivity index (χ1n) is 4.70. The number of anilines is 2. The lowest BCUT2D eigenvalue weighted by atomic mass is 10.1. The van der Waals surface area contributed by atoms with Crippen molar-refractivity contribution in [2.45, 2.75) is 19.9 Å². The maximum absolute atomic E-state index is 8.98. The number of aliphatic hydroxyl groups excluding tert-OH is 1. The Morgan fingerprint density at radius 1 is 1.60 bits per heavy atom. The minimum atomic E-state index is 0.0586. The Balaban J connectivity index is 2.75. The highest BCUT2D eigenvalue weighted by Crippen LogP contribution is 2.18. The van der Waals surface area contributed by atoms with E-state index in [0.717, 1.165) is 0 Å². The van der Waals surface area contributed by atoms with Crippen molar-refractivity contribution in [3.8, 4) is 0 Å². The van der Waals surface area contributed by atoms with Crippen LogP contribution >= 0.6 is 11.6 Å². The SMILES string of the molecule is CC(CO)C(C)Nc1nc(Cl)ncc1N. The molecule has 0 aliphatic rings. The first-order valence-corrected chi connectivity index (χ1v) is 5.07. The first-order chi connectivity index (χ1) is 7.04. The van der Waals surface area contributed by atoms with Crippen molar-refractivity contribution in [3.63, 3.8) is 0 Å². The molecule has 1 aromatic heterocycles. The van der Waals surface area contributed by atoms with Crippen molar-refractivity contribution >= 4 is 23.1 Å². The largest absolute Gasteiger partial charge is 0.396 e. The van der Waals surface area contributed by atoms with Crippen molar-refractivity contribution in [1.82, 2.24) is 9.97 Å². The molecule has 84 valence electrons. The van der Waals surface area contributed by atoms with Gasteiger partial charge in [0.25, 0.3) is 0 Å². The molecule has 0 aliphatic carbocycles. The average Bonchev–Trinajstić information content (AvgIpc) is 2.22. The number of aromatic nitrogens is 2. The van der Waals surface area contributed by atoms with Crippen LogP contribution in [0.4, 0.5) is 11.5 Å². The number of nitrogen functional groups attached to an aromatic ring is 1. The second-order valence-corrected chi connectivity index (χ2v) is 3.87. The van der Waals surface area contributed by atoms with Crippen molar-refractivity contribution in [3.05, 3.63) is 11.5 Å². The van der Waals surface area contributed by atoms with Crippen LogP contribution in [0.2, 0.25) is 5.28 Å². The molecule has 0 radical (unpaired) electrons. The summed E-state index contributed by atoms with van der Waals surface area (Å²) in [4.78, 5) is 7.72. The predicted molar refractivity (Wildman–Crippen MR) is 60.8 cm³/mol. The summed E-state index contributed by atoms with van der Waals surface area (Å²) in [6.45, 7) is 3.97. The van der Waals surface area contributed by atoms with Crippen LogP contribution in [-0.4, -0.2) is 27.7 Å². The fraction of sp³-hybridized carbons (Fsp3) is 0.556. The second kappa shape index (κ2) is 5.14. The van der Waals surface area contributed by atoms with E-state index < -0.39 is 0 Å². The Bertz CT molecular complexity index is 334. The maximum atomic E-state index is 8.98. The summed E-state index contributed by atoms with van der Waals surface area (Å²) in [5.41, 5.74) is 6.11. The van der Waals surface area contributed by atoms with Crippen LogP contribution in [0.15, 0.2) is 6.20 Å². The summed E-state index contributed by atoms with van der Waals surface area (Å²) in [5, 5.41) is 12.2. The molecule has 0 amide bonds. The van der Waals surface area contributed by atoms with E-state index in [1.807, 2.05) is 13.8 Å². The average molecular weight is 231 g/mol. The van der Waals surface area contributed by atoms with E-state index in [9.17, 15) is 0 Å². The Hall–Kier alpha value is -1.07. The lowest BCUT2D eigenvalue weighted by Gasteiger charge is -2.20. The number of nitrogens with one attached hydrogen (secondary N) is 1. The molecule has 0 saturated heterocycles. The molecule has 1 rings (SSSR count). The van der Waals surface area contributed by atoms with Crippen molar-refractivity contribution in [2.24, 2.45) is 5.92 Å². The van der Waals surface area contributed by atoms with Crippen LogP contribution in [0.25, 0.3) is 0 Å². The molecule has 0 saturated carbocycles. The van der Waals surface area contributed by atoms with Gasteiger partial charge in [-0.15, -0.1) is 0 Å². The minimum absolute atomic E-state index is 0.0586. The third-order valence-corrected chi connectivity index (χ3v) is 2.48. The standard InChI is InChI=1S/C9H15ClN4O/c1-5(4-15)6(2)13-8-7(11)3-12-9(10)14-8/h3,5-6,15H,4,11H2,1-2H3,(H,12,13,14). The quantitative estimate of drug-likeness (QED) is 0.676. The lowest BCUT2D eigenvalue weighted by molar-refractivity contribution is 0.226. The van der Waals surface area contributed by atoms with E-state index in [-0.39, 0.29) is 23.9 Å². The second-order valence-electron chi connectivity index (χ2n) is 3.54. The molecule has 1 aromatic rings. The molecule has 0 bridgehead atoms. The molecular formula is C9H15ClN4O. The molecule has 2 atom stereocenters. The van der Waals surface area contributed by atoms with E-state index >= 15 is 0 Å². The smallest absolute Gasteiger partial charge is 0.224 e. The van der Waals surface area contributed by atoms with Gasteiger partial charge in [0.2, 0.25) is 5.28 Å². The molecule has 4 N–H and O–H groups in total. The van der Waals surface area contributed by atoms with Crippen LogP contribution < -0.4 is 11.1 Å². The van der Waals surface area contributed by atoms with Gasteiger partial charge >= 0.3 is 0 Å². The van der Waals surface area contributed by atoms with Crippen LogP contribution in [0.1, 0.15) is 13.8 Å². The maximum Gasteiger partial charge on any atom is 0.224 e. The molecule has 2 unspecified atom stereocenters. The van der Waals surface area contributed by atoms with Gasteiger partial charge in [0.05, 0.1) is 11.9 Å². The van der Waals surface area contributed by atoms with Crippen LogP contribution in [0.5, 0.6) is 0 Å². The molecule has 1 heterocycles. The van der Waals surface area contributed by atoms with Gasteiger partial charge in [-0.1, -0.05) is 6.92 Å². The summed E-state index contributed by atoms with van der Waals surface area (Å²) in [5.74, 6) is 0.612. The van der Waals surface area contributed by atoms with Gasteiger partial charge < -0.3 is 16.2 Å². The van der Waals surface area contributed by atoms with E-state index in [4.69, 9.17) is 22.4 Å². The summed E-state index contributed by atoms with van der Waals surface area (Å²) in [6, 6.07) is 0.0586. The van der Waals surface area contributed by atoms with Gasteiger partial charge in [-0.3, -0.25) is 0 Å². The number of hydrogen-bond donors (Lipinski definition) is 3. The van der Waals surface area contributed by atoms with Gasteiger partial charge in [-0.05, 0) is 24.4 Å².